The third kappa shape index (κ3) is 4.51. The van der Waals surface area contributed by atoms with Gasteiger partial charge in [-0.25, -0.2) is 0 Å². The lowest BCUT2D eigenvalue weighted by molar-refractivity contribution is -0.115. The van der Waals surface area contributed by atoms with Gasteiger partial charge in [-0.1, -0.05) is 43.2 Å². The second-order valence-electron chi connectivity index (χ2n) is 8.35. The predicted molar refractivity (Wildman–Crippen MR) is 120 cm³/mol. The number of aryl methyl sites for hydroxylation is 1. The summed E-state index contributed by atoms with van der Waals surface area (Å²) in [7, 11) is 0. The van der Waals surface area contributed by atoms with Crippen LogP contribution in [0.3, 0.4) is 0 Å². The first-order valence-electron chi connectivity index (χ1n) is 10.9. The molecule has 1 aromatic rings. The Bertz CT molecular complexity index is 926. The van der Waals surface area contributed by atoms with Crippen LogP contribution in [0.15, 0.2) is 46.6 Å². The number of nitrogens with zero attached hydrogens (tertiary/aromatic N) is 1. The van der Waals surface area contributed by atoms with Crippen LogP contribution in [0.25, 0.3) is 5.57 Å². The molecule has 0 heterocycles. The van der Waals surface area contributed by atoms with E-state index < -0.39 is 0 Å². The molecular formula is C26H33NO2. The van der Waals surface area contributed by atoms with E-state index in [2.05, 4.69) is 50.8 Å². The van der Waals surface area contributed by atoms with E-state index in [1.54, 1.807) is 0 Å². The molecule has 0 aliphatic heterocycles. The molecule has 0 saturated heterocycles. The van der Waals surface area contributed by atoms with Crippen molar-refractivity contribution in [2.45, 2.75) is 60.3 Å². The van der Waals surface area contributed by atoms with Crippen molar-refractivity contribution in [2.24, 2.45) is 0 Å². The average Bonchev–Trinajstić information content (AvgIpc) is 3.14. The van der Waals surface area contributed by atoms with Crippen LogP contribution in [0.4, 0.5) is 0 Å². The molecule has 0 fully saturated rings. The molecule has 3 rings (SSSR count). The quantitative estimate of drug-likeness (QED) is 0.569. The van der Waals surface area contributed by atoms with Gasteiger partial charge >= 0.3 is 0 Å². The molecule has 0 N–H and O–H groups in total. The summed E-state index contributed by atoms with van der Waals surface area (Å²) in [6.07, 6.45) is 4.78. The van der Waals surface area contributed by atoms with E-state index in [-0.39, 0.29) is 11.6 Å². The Balaban J connectivity index is 1.79. The smallest absolute Gasteiger partial charge is 0.167 e. The summed E-state index contributed by atoms with van der Waals surface area (Å²) in [6, 6.07) is 6.24. The van der Waals surface area contributed by atoms with Gasteiger partial charge in [0.2, 0.25) is 0 Å². The van der Waals surface area contributed by atoms with Gasteiger partial charge in [-0.15, -0.1) is 0 Å². The highest BCUT2D eigenvalue weighted by Gasteiger charge is 2.28. The number of hydrogen-bond acceptors (Lipinski definition) is 3. The van der Waals surface area contributed by atoms with Crippen molar-refractivity contribution >= 4 is 17.1 Å². The number of hydrogen-bond donors (Lipinski definition) is 0. The molecular weight excluding hydrogens is 358 g/mol. The Hall–Kier alpha value is -2.26. The maximum atomic E-state index is 12.9. The van der Waals surface area contributed by atoms with Crippen LogP contribution in [-0.4, -0.2) is 36.1 Å². The Morgan fingerprint density at radius 2 is 1.83 bits per heavy atom. The van der Waals surface area contributed by atoms with Crippen LogP contribution in [0.1, 0.15) is 63.6 Å². The fourth-order valence-corrected chi connectivity index (χ4v) is 4.57. The summed E-state index contributed by atoms with van der Waals surface area (Å²) in [5.41, 5.74) is 8.35. The lowest BCUT2D eigenvalue weighted by Gasteiger charge is -2.17. The summed E-state index contributed by atoms with van der Waals surface area (Å²) >= 11 is 0. The van der Waals surface area contributed by atoms with Crippen molar-refractivity contribution in [1.82, 2.24) is 4.90 Å². The van der Waals surface area contributed by atoms with Crippen LogP contribution in [0.2, 0.25) is 0 Å². The number of rotatable bonds is 8. The van der Waals surface area contributed by atoms with Gasteiger partial charge in [0, 0.05) is 24.0 Å². The molecule has 1 aromatic carbocycles. The highest BCUT2D eigenvalue weighted by Crippen LogP contribution is 2.38. The highest BCUT2D eigenvalue weighted by atomic mass is 16.1. The van der Waals surface area contributed by atoms with Crippen molar-refractivity contribution in [3.63, 3.8) is 0 Å². The van der Waals surface area contributed by atoms with Crippen molar-refractivity contribution in [3.05, 3.63) is 63.3 Å². The van der Waals surface area contributed by atoms with E-state index in [0.29, 0.717) is 12.8 Å². The number of ketones is 2. The number of fused-ring (bicyclic) bond motifs is 1. The molecule has 0 bridgehead atoms. The molecule has 29 heavy (non-hydrogen) atoms. The SMILES string of the molecule is CCN(CC)CCCC(=O)C1=C(C)CC(C=C2C(=O)Cc3ccc(C)cc32)=C1C. The summed E-state index contributed by atoms with van der Waals surface area (Å²) < 4.78 is 0. The van der Waals surface area contributed by atoms with Gasteiger partial charge in [0.15, 0.2) is 11.6 Å². The minimum Gasteiger partial charge on any atom is -0.304 e. The Morgan fingerprint density at radius 3 is 2.52 bits per heavy atom. The van der Waals surface area contributed by atoms with E-state index in [4.69, 9.17) is 0 Å². The maximum Gasteiger partial charge on any atom is 0.167 e. The number of benzene rings is 1. The van der Waals surface area contributed by atoms with Crippen LogP contribution in [-0.2, 0) is 16.0 Å². The molecule has 3 nitrogen and oxygen atoms in total. The minimum absolute atomic E-state index is 0.183. The molecule has 0 amide bonds. The fourth-order valence-electron chi connectivity index (χ4n) is 4.57. The first-order valence-corrected chi connectivity index (χ1v) is 10.9. The molecule has 0 saturated carbocycles. The fraction of sp³-hybridized carbons (Fsp3) is 0.462. The molecule has 0 radical (unpaired) electrons. The van der Waals surface area contributed by atoms with E-state index in [1.165, 1.54) is 5.56 Å². The van der Waals surface area contributed by atoms with Crippen molar-refractivity contribution in [3.8, 4) is 0 Å². The van der Waals surface area contributed by atoms with Gasteiger partial charge in [-0.2, -0.15) is 0 Å². The summed E-state index contributed by atoms with van der Waals surface area (Å²) in [5, 5.41) is 0. The number of carbonyl (C=O) groups excluding carboxylic acids is 2. The molecule has 0 atom stereocenters. The van der Waals surface area contributed by atoms with Gasteiger partial charge in [0.25, 0.3) is 0 Å². The van der Waals surface area contributed by atoms with E-state index in [9.17, 15) is 9.59 Å². The van der Waals surface area contributed by atoms with Gasteiger partial charge in [0.1, 0.15) is 0 Å². The Kier molecular flexibility index (Phi) is 6.69. The summed E-state index contributed by atoms with van der Waals surface area (Å²) in [5.74, 6) is 0.428. The summed E-state index contributed by atoms with van der Waals surface area (Å²) in [4.78, 5) is 27.9. The lowest BCUT2D eigenvalue weighted by atomic mass is 9.97. The third-order valence-corrected chi connectivity index (χ3v) is 6.32. The predicted octanol–water partition coefficient (Wildman–Crippen LogP) is 5.23. The van der Waals surface area contributed by atoms with Crippen molar-refractivity contribution in [2.75, 3.05) is 19.6 Å². The van der Waals surface area contributed by atoms with Crippen LogP contribution < -0.4 is 0 Å². The Morgan fingerprint density at radius 1 is 1.10 bits per heavy atom. The molecule has 0 spiro atoms. The second-order valence-corrected chi connectivity index (χ2v) is 8.35. The number of Topliss-reactive ketones (excluding diaryl/α,β-unsaturated/α-hetero) is 2. The molecule has 2 aliphatic carbocycles. The molecule has 3 heteroatoms. The monoisotopic (exact) mass is 391 g/mol. The zero-order chi connectivity index (χ0) is 21.1. The third-order valence-electron chi connectivity index (χ3n) is 6.32. The van der Waals surface area contributed by atoms with Gasteiger partial charge in [-0.05, 0) is 81.6 Å². The molecule has 0 aromatic heterocycles. The first-order chi connectivity index (χ1) is 13.8. The lowest BCUT2D eigenvalue weighted by Crippen LogP contribution is -2.24. The van der Waals surface area contributed by atoms with Crippen LogP contribution in [0, 0.1) is 6.92 Å². The number of allylic oxidation sites excluding steroid dienone is 6. The van der Waals surface area contributed by atoms with Gasteiger partial charge < -0.3 is 4.90 Å². The second kappa shape index (κ2) is 9.04. The molecule has 154 valence electrons. The van der Waals surface area contributed by atoms with E-state index >= 15 is 0 Å². The standard InChI is InChI=1S/C26H33NO2/c1-6-27(7-2)12-8-9-24(28)26-18(4)14-21(19(26)5)15-23-22-13-17(3)10-11-20(22)16-25(23)29/h10-11,13,15H,6-9,12,14,16H2,1-5H3. The zero-order valence-electron chi connectivity index (χ0n) is 18.5. The van der Waals surface area contributed by atoms with Crippen LogP contribution in [0.5, 0.6) is 0 Å². The van der Waals surface area contributed by atoms with Crippen molar-refractivity contribution in [1.29, 1.82) is 0 Å². The maximum absolute atomic E-state index is 12.9. The van der Waals surface area contributed by atoms with Crippen LogP contribution >= 0.6 is 0 Å². The Labute approximate surface area is 175 Å². The van der Waals surface area contributed by atoms with Gasteiger partial charge in [-0.3, -0.25) is 9.59 Å². The first kappa shape index (κ1) is 21.4. The highest BCUT2D eigenvalue weighted by molar-refractivity contribution is 6.26. The average molecular weight is 392 g/mol. The topological polar surface area (TPSA) is 37.4 Å². The van der Waals surface area contributed by atoms with E-state index in [1.807, 2.05) is 13.0 Å². The summed E-state index contributed by atoms with van der Waals surface area (Å²) in [6.45, 7) is 13.5. The molecule has 0 unspecified atom stereocenters. The van der Waals surface area contributed by atoms with E-state index in [0.717, 1.165) is 71.5 Å². The normalized spacial score (nSPS) is 17.9. The van der Waals surface area contributed by atoms with Gasteiger partial charge in [0.05, 0.1) is 0 Å². The minimum atomic E-state index is 0.183. The largest absolute Gasteiger partial charge is 0.304 e. The molecule has 2 aliphatic rings. The number of carbonyl (C=O) groups is 2. The zero-order valence-corrected chi connectivity index (χ0v) is 18.5. The van der Waals surface area contributed by atoms with Crippen molar-refractivity contribution < 1.29 is 9.59 Å².